The van der Waals surface area contributed by atoms with Crippen LogP contribution in [-0.2, 0) is 0 Å². The van der Waals surface area contributed by atoms with Crippen LogP contribution < -0.4 is 9.47 Å². The summed E-state index contributed by atoms with van der Waals surface area (Å²) in [5.41, 5.74) is 0.710. The highest BCUT2D eigenvalue weighted by Crippen LogP contribution is 2.28. The lowest BCUT2D eigenvalue weighted by molar-refractivity contribution is 0.405. The van der Waals surface area contributed by atoms with E-state index < -0.39 is 5.82 Å². The molecule has 0 unspecified atom stereocenters. The Balaban J connectivity index is 2.26. The zero-order valence-electron chi connectivity index (χ0n) is 10.4. The van der Waals surface area contributed by atoms with Crippen LogP contribution in [0.25, 0.3) is 0 Å². The molecule has 2 aromatic carbocycles. The molecule has 0 bridgehead atoms. The second-order valence-electron chi connectivity index (χ2n) is 3.78. The van der Waals surface area contributed by atoms with Gasteiger partial charge in [-0.3, -0.25) is 0 Å². The van der Waals surface area contributed by atoms with Crippen LogP contribution in [0.1, 0.15) is 5.56 Å². The fraction of sp³-hybridized carbons (Fsp3) is 0.0625. The molecular weight excluding hydrogens is 243 g/mol. The number of hydrogen-bond donors (Lipinski definition) is 0. The standard InChI is InChI=1S/C16H12FO2/c1-3-5-12-8-9-15(17)16(10-12)19-14-7-4-6-13(11-14)18-2/h1,4-11H,2H3. The van der Waals surface area contributed by atoms with Crippen molar-refractivity contribution in [1.29, 1.82) is 0 Å². The first-order valence-corrected chi connectivity index (χ1v) is 5.64. The van der Waals surface area contributed by atoms with Gasteiger partial charge in [0.2, 0.25) is 0 Å². The van der Waals surface area contributed by atoms with E-state index in [0.29, 0.717) is 17.1 Å². The molecule has 2 nitrogen and oxygen atoms in total. The fourth-order valence-electron chi connectivity index (χ4n) is 1.58. The molecule has 1 radical (unpaired) electrons. The minimum absolute atomic E-state index is 0.122. The van der Waals surface area contributed by atoms with Crippen molar-refractivity contribution < 1.29 is 13.9 Å². The average molecular weight is 255 g/mol. The highest BCUT2D eigenvalue weighted by Gasteiger charge is 2.07. The molecule has 0 saturated carbocycles. The minimum atomic E-state index is -0.447. The van der Waals surface area contributed by atoms with Crippen LogP contribution in [-0.4, -0.2) is 7.11 Å². The van der Waals surface area contributed by atoms with Crippen molar-refractivity contribution in [2.45, 2.75) is 0 Å². The van der Waals surface area contributed by atoms with Crippen molar-refractivity contribution >= 4 is 0 Å². The first kappa shape index (κ1) is 13.0. The molecule has 0 saturated heterocycles. The SMILES string of the molecule is C#C[CH]c1ccc(F)c(Oc2cccc(OC)c2)c1. The van der Waals surface area contributed by atoms with Gasteiger partial charge in [-0.15, -0.1) is 6.42 Å². The summed E-state index contributed by atoms with van der Waals surface area (Å²) in [5.74, 6) is 3.20. The third-order valence-corrected chi connectivity index (χ3v) is 2.47. The lowest BCUT2D eigenvalue weighted by atomic mass is 10.1. The van der Waals surface area contributed by atoms with E-state index >= 15 is 0 Å². The van der Waals surface area contributed by atoms with Gasteiger partial charge in [0.25, 0.3) is 0 Å². The quantitative estimate of drug-likeness (QED) is 0.773. The van der Waals surface area contributed by atoms with Crippen molar-refractivity contribution in [3.05, 3.63) is 60.3 Å². The molecule has 19 heavy (non-hydrogen) atoms. The van der Waals surface area contributed by atoms with Gasteiger partial charge >= 0.3 is 0 Å². The topological polar surface area (TPSA) is 18.5 Å². The molecule has 0 N–H and O–H groups in total. The van der Waals surface area contributed by atoms with Crippen molar-refractivity contribution in [2.24, 2.45) is 0 Å². The predicted molar refractivity (Wildman–Crippen MR) is 71.7 cm³/mol. The number of rotatable bonds is 4. The maximum atomic E-state index is 13.7. The van der Waals surface area contributed by atoms with Crippen molar-refractivity contribution in [3.8, 4) is 29.6 Å². The van der Waals surface area contributed by atoms with Gasteiger partial charge in [-0.2, -0.15) is 0 Å². The molecule has 0 amide bonds. The van der Waals surface area contributed by atoms with Gasteiger partial charge in [-0.05, 0) is 29.8 Å². The second kappa shape index (κ2) is 5.92. The molecule has 3 heteroatoms. The van der Waals surface area contributed by atoms with E-state index in [1.165, 1.54) is 12.5 Å². The number of ether oxygens (including phenoxy) is 2. The maximum Gasteiger partial charge on any atom is 0.165 e. The van der Waals surface area contributed by atoms with Gasteiger partial charge in [0, 0.05) is 6.07 Å². The first-order chi connectivity index (χ1) is 9.22. The molecule has 95 valence electrons. The third-order valence-electron chi connectivity index (χ3n) is 2.47. The monoisotopic (exact) mass is 255 g/mol. The van der Waals surface area contributed by atoms with Crippen LogP contribution in [0.2, 0.25) is 0 Å². The Morgan fingerprint density at radius 2 is 1.95 bits per heavy atom. The highest BCUT2D eigenvalue weighted by molar-refractivity contribution is 5.42. The van der Waals surface area contributed by atoms with E-state index in [9.17, 15) is 4.39 Å². The molecule has 2 aromatic rings. The minimum Gasteiger partial charge on any atom is -0.497 e. The summed E-state index contributed by atoms with van der Waals surface area (Å²) in [5, 5.41) is 0. The summed E-state index contributed by atoms with van der Waals surface area (Å²) >= 11 is 0. The lowest BCUT2D eigenvalue weighted by Gasteiger charge is -2.09. The largest absolute Gasteiger partial charge is 0.497 e. The molecule has 0 spiro atoms. The Morgan fingerprint density at radius 1 is 1.16 bits per heavy atom. The molecule has 0 aliphatic rings. The van der Waals surface area contributed by atoms with E-state index in [0.717, 1.165) is 0 Å². The lowest BCUT2D eigenvalue weighted by Crippen LogP contribution is -1.91. The van der Waals surface area contributed by atoms with Gasteiger partial charge in [-0.25, -0.2) is 4.39 Å². The summed E-state index contributed by atoms with van der Waals surface area (Å²) in [6, 6.07) is 11.4. The van der Waals surface area contributed by atoms with Crippen LogP contribution >= 0.6 is 0 Å². The highest BCUT2D eigenvalue weighted by atomic mass is 19.1. The first-order valence-electron chi connectivity index (χ1n) is 5.64. The van der Waals surface area contributed by atoms with Gasteiger partial charge in [0.1, 0.15) is 11.5 Å². The summed E-state index contributed by atoms with van der Waals surface area (Å²) in [4.78, 5) is 0. The number of terminal acetylenes is 1. The number of halogens is 1. The normalized spacial score (nSPS) is 9.74. The molecule has 0 aliphatic heterocycles. The van der Waals surface area contributed by atoms with Gasteiger partial charge in [0.15, 0.2) is 11.6 Å². The van der Waals surface area contributed by atoms with Crippen LogP contribution in [0.5, 0.6) is 17.2 Å². The summed E-state index contributed by atoms with van der Waals surface area (Å²) in [6.45, 7) is 0. The Labute approximate surface area is 111 Å². The maximum absolute atomic E-state index is 13.7. The number of methoxy groups -OCH3 is 1. The van der Waals surface area contributed by atoms with Gasteiger partial charge < -0.3 is 9.47 Å². The average Bonchev–Trinajstić information content (AvgIpc) is 2.43. The van der Waals surface area contributed by atoms with Crippen LogP contribution in [0.4, 0.5) is 4.39 Å². The third kappa shape index (κ3) is 3.26. The molecule has 0 fully saturated rings. The Kier molecular flexibility index (Phi) is 4.04. The van der Waals surface area contributed by atoms with E-state index in [1.807, 2.05) is 0 Å². The Hall–Kier alpha value is -2.47. The van der Waals surface area contributed by atoms with Crippen molar-refractivity contribution in [3.63, 3.8) is 0 Å². The molecular formula is C16H12FO2. The molecule has 2 rings (SSSR count). The second-order valence-corrected chi connectivity index (χ2v) is 3.78. The van der Waals surface area contributed by atoms with Crippen LogP contribution in [0.15, 0.2) is 42.5 Å². The van der Waals surface area contributed by atoms with Gasteiger partial charge in [0.05, 0.1) is 13.5 Å². The fourth-order valence-corrected chi connectivity index (χ4v) is 1.58. The number of hydrogen-bond acceptors (Lipinski definition) is 2. The number of benzene rings is 2. The summed E-state index contributed by atoms with van der Waals surface area (Å²) < 4.78 is 24.2. The van der Waals surface area contributed by atoms with E-state index in [1.54, 1.807) is 43.5 Å². The zero-order valence-corrected chi connectivity index (χ0v) is 10.4. The smallest absolute Gasteiger partial charge is 0.165 e. The van der Waals surface area contributed by atoms with E-state index in [-0.39, 0.29) is 5.75 Å². The van der Waals surface area contributed by atoms with Crippen molar-refractivity contribution in [2.75, 3.05) is 7.11 Å². The van der Waals surface area contributed by atoms with Crippen molar-refractivity contribution in [1.82, 2.24) is 0 Å². The molecule has 0 aromatic heterocycles. The Bertz CT molecular complexity index is 614. The molecule has 0 atom stereocenters. The summed E-state index contributed by atoms with van der Waals surface area (Å²) in [6.07, 6.45) is 6.72. The molecule has 0 heterocycles. The zero-order chi connectivity index (χ0) is 13.7. The predicted octanol–water partition coefficient (Wildman–Crippen LogP) is 3.81. The van der Waals surface area contributed by atoms with Crippen LogP contribution in [0.3, 0.4) is 0 Å². The van der Waals surface area contributed by atoms with Crippen LogP contribution in [0, 0.1) is 24.6 Å². The molecule has 0 aliphatic carbocycles. The van der Waals surface area contributed by atoms with E-state index in [4.69, 9.17) is 15.9 Å². The Morgan fingerprint density at radius 3 is 2.68 bits per heavy atom. The van der Waals surface area contributed by atoms with Gasteiger partial charge in [-0.1, -0.05) is 18.1 Å². The summed E-state index contributed by atoms with van der Waals surface area (Å²) in [7, 11) is 1.56. The van der Waals surface area contributed by atoms with E-state index in [2.05, 4.69) is 5.92 Å².